The molecule has 0 amide bonds. The molecule has 0 aliphatic rings. The second-order valence-electron chi connectivity index (χ2n) is 2.53. The second kappa shape index (κ2) is 5.69. The predicted molar refractivity (Wildman–Crippen MR) is 54.2 cm³/mol. The SMILES string of the molecule is COc1ccc(CN=NC=NN)cc1. The van der Waals surface area contributed by atoms with Gasteiger partial charge in [-0.15, -0.1) is 5.11 Å². The molecule has 1 rings (SSSR count). The zero-order chi connectivity index (χ0) is 10.2. The van der Waals surface area contributed by atoms with Gasteiger partial charge in [-0.05, 0) is 17.7 Å². The van der Waals surface area contributed by atoms with Gasteiger partial charge in [-0.2, -0.15) is 10.2 Å². The van der Waals surface area contributed by atoms with Crippen molar-refractivity contribution < 1.29 is 4.74 Å². The smallest absolute Gasteiger partial charge is 0.157 e. The highest BCUT2D eigenvalue weighted by atomic mass is 16.5. The molecular weight excluding hydrogens is 180 g/mol. The second-order valence-corrected chi connectivity index (χ2v) is 2.53. The molecular formula is C9H12N4O. The fraction of sp³-hybridized carbons (Fsp3) is 0.222. The Kier molecular flexibility index (Phi) is 4.13. The largest absolute Gasteiger partial charge is 0.497 e. The third-order valence-corrected chi connectivity index (χ3v) is 1.61. The summed E-state index contributed by atoms with van der Waals surface area (Å²) in [5.74, 6) is 5.67. The highest BCUT2D eigenvalue weighted by Crippen LogP contribution is 2.11. The molecule has 1 aromatic rings. The minimum absolute atomic E-state index is 0.510. The van der Waals surface area contributed by atoms with Gasteiger partial charge >= 0.3 is 0 Å². The van der Waals surface area contributed by atoms with Gasteiger partial charge in [0.2, 0.25) is 0 Å². The van der Waals surface area contributed by atoms with Crippen molar-refractivity contribution in [3.8, 4) is 5.75 Å². The molecule has 0 aromatic heterocycles. The Balaban J connectivity index is 2.51. The van der Waals surface area contributed by atoms with Gasteiger partial charge in [-0.25, -0.2) is 0 Å². The number of rotatable bonds is 4. The van der Waals surface area contributed by atoms with Gasteiger partial charge in [0.1, 0.15) is 5.75 Å². The monoisotopic (exact) mass is 192 g/mol. The van der Waals surface area contributed by atoms with E-state index in [4.69, 9.17) is 10.6 Å². The molecule has 0 radical (unpaired) electrons. The summed E-state index contributed by atoms with van der Waals surface area (Å²) in [7, 11) is 1.63. The van der Waals surface area contributed by atoms with Crippen LogP contribution in [0.5, 0.6) is 5.75 Å². The first-order valence-corrected chi connectivity index (χ1v) is 4.08. The molecule has 0 aliphatic carbocycles. The summed E-state index contributed by atoms with van der Waals surface area (Å²) in [5.41, 5.74) is 1.06. The molecule has 0 fully saturated rings. The summed E-state index contributed by atoms with van der Waals surface area (Å²) in [6, 6.07) is 7.61. The number of methoxy groups -OCH3 is 1. The highest BCUT2D eigenvalue weighted by Gasteiger charge is 1.91. The minimum atomic E-state index is 0.510. The van der Waals surface area contributed by atoms with Crippen LogP contribution in [-0.2, 0) is 6.54 Å². The Morgan fingerprint density at radius 2 is 2.07 bits per heavy atom. The van der Waals surface area contributed by atoms with E-state index in [9.17, 15) is 0 Å². The molecule has 14 heavy (non-hydrogen) atoms. The van der Waals surface area contributed by atoms with E-state index in [1.54, 1.807) is 7.11 Å². The van der Waals surface area contributed by atoms with Gasteiger partial charge < -0.3 is 10.6 Å². The maximum absolute atomic E-state index is 5.02. The van der Waals surface area contributed by atoms with Gasteiger partial charge in [-0.1, -0.05) is 12.1 Å². The zero-order valence-corrected chi connectivity index (χ0v) is 7.92. The lowest BCUT2D eigenvalue weighted by Gasteiger charge is -1.99. The number of benzene rings is 1. The summed E-state index contributed by atoms with van der Waals surface area (Å²) < 4.78 is 5.02. The lowest BCUT2D eigenvalue weighted by Crippen LogP contribution is -1.84. The van der Waals surface area contributed by atoms with E-state index in [1.165, 1.54) is 6.34 Å². The molecule has 0 atom stereocenters. The van der Waals surface area contributed by atoms with Crippen LogP contribution in [0.4, 0.5) is 0 Å². The first-order valence-electron chi connectivity index (χ1n) is 4.08. The van der Waals surface area contributed by atoms with Gasteiger partial charge in [0.25, 0.3) is 0 Å². The molecule has 0 heterocycles. The number of hydrogen-bond acceptors (Lipinski definition) is 4. The number of nitrogens with zero attached hydrogens (tertiary/aromatic N) is 3. The quantitative estimate of drug-likeness (QED) is 0.258. The van der Waals surface area contributed by atoms with Crippen LogP contribution in [0.25, 0.3) is 0 Å². The normalized spacial score (nSPS) is 11.2. The fourth-order valence-corrected chi connectivity index (χ4v) is 0.920. The van der Waals surface area contributed by atoms with Crippen LogP contribution in [-0.4, -0.2) is 13.4 Å². The lowest BCUT2D eigenvalue weighted by molar-refractivity contribution is 0.414. The van der Waals surface area contributed by atoms with Gasteiger partial charge in [-0.3, -0.25) is 0 Å². The molecule has 5 heteroatoms. The lowest BCUT2D eigenvalue weighted by atomic mass is 10.2. The van der Waals surface area contributed by atoms with Crippen molar-refractivity contribution in [3.63, 3.8) is 0 Å². The van der Waals surface area contributed by atoms with Crippen LogP contribution in [0.2, 0.25) is 0 Å². The Morgan fingerprint density at radius 3 is 2.64 bits per heavy atom. The molecule has 0 saturated heterocycles. The first-order chi connectivity index (χ1) is 6.86. The maximum Gasteiger partial charge on any atom is 0.157 e. The van der Waals surface area contributed by atoms with Crippen molar-refractivity contribution in [2.45, 2.75) is 6.54 Å². The predicted octanol–water partition coefficient (Wildman–Crippen LogP) is 1.55. The van der Waals surface area contributed by atoms with Crippen LogP contribution >= 0.6 is 0 Å². The molecule has 74 valence electrons. The number of hydrazone groups is 1. The van der Waals surface area contributed by atoms with Crippen molar-refractivity contribution in [2.75, 3.05) is 7.11 Å². The van der Waals surface area contributed by atoms with Crippen molar-refractivity contribution in [3.05, 3.63) is 29.8 Å². The third-order valence-electron chi connectivity index (χ3n) is 1.61. The summed E-state index contributed by atoms with van der Waals surface area (Å²) in [4.78, 5) is 0. The van der Waals surface area contributed by atoms with Crippen LogP contribution in [0, 0.1) is 0 Å². The molecule has 5 nitrogen and oxygen atoms in total. The Morgan fingerprint density at radius 1 is 1.36 bits per heavy atom. The average molecular weight is 192 g/mol. The summed E-state index contributed by atoms with van der Waals surface area (Å²) in [6.07, 6.45) is 1.20. The van der Waals surface area contributed by atoms with E-state index in [-0.39, 0.29) is 0 Å². The summed E-state index contributed by atoms with van der Waals surface area (Å²) in [6.45, 7) is 0.510. The third kappa shape index (κ3) is 3.22. The molecule has 0 aliphatic heterocycles. The van der Waals surface area contributed by atoms with Gasteiger partial charge in [0, 0.05) is 0 Å². The van der Waals surface area contributed by atoms with E-state index in [2.05, 4.69) is 15.3 Å². The number of azo groups is 1. The topological polar surface area (TPSA) is 72.3 Å². The standard InChI is InChI=1S/C9H12N4O/c1-14-9-4-2-8(3-5-9)6-12-13-7-11-10/h2-5,7H,6,10H2,1H3. The first kappa shape index (κ1) is 10.2. The molecule has 2 N–H and O–H groups in total. The van der Waals surface area contributed by atoms with E-state index in [0.717, 1.165) is 11.3 Å². The molecule has 0 saturated carbocycles. The number of ether oxygens (including phenoxy) is 1. The van der Waals surface area contributed by atoms with Crippen molar-refractivity contribution >= 4 is 6.34 Å². The Hall–Kier alpha value is -1.91. The fourth-order valence-electron chi connectivity index (χ4n) is 0.920. The molecule has 0 bridgehead atoms. The number of nitrogens with two attached hydrogens (primary N) is 1. The van der Waals surface area contributed by atoms with Gasteiger partial charge in [0.15, 0.2) is 6.34 Å². The van der Waals surface area contributed by atoms with Crippen molar-refractivity contribution in [1.29, 1.82) is 0 Å². The minimum Gasteiger partial charge on any atom is -0.497 e. The Bertz CT molecular complexity index is 318. The van der Waals surface area contributed by atoms with Crippen LogP contribution < -0.4 is 10.6 Å². The van der Waals surface area contributed by atoms with Crippen LogP contribution in [0.3, 0.4) is 0 Å². The summed E-state index contributed by atoms with van der Waals surface area (Å²) >= 11 is 0. The summed E-state index contributed by atoms with van der Waals surface area (Å²) in [5, 5.41) is 10.6. The maximum atomic E-state index is 5.02. The van der Waals surface area contributed by atoms with Crippen LogP contribution in [0.1, 0.15) is 5.56 Å². The van der Waals surface area contributed by atoms with E-state index >= 15 is 0 Å². The van der Waals surface area contributed by atoms with E-state index in [0.29, 0.717) is 6.54 Å². The van der Waals surface area contributed by atoms with E-state index in [1.807, 2.05) is 24.3 Å². The molecule has 0 unspecified atom stereocenters. The van der Waals surface area contributed by atoms with Gasteiger partial charge in [0.05, 0.1) is 13.7 Å². The van der Waals surface area contributed by atoms with E-state index < -0.39 is 0 Å². The average Bonchev–Trinajstić information content (AvgIpc) is 2.25. The Labute approximate surface area is 82.3 Å². The number of hydrogen-bond donors (Lipinski definition) is 1. The highest BCUT2D eigenvalue weighted by molar-refractivity contribution is 5.53. The molecule has 0 spiro atoms. The van der Waals surface area contributed by atoms with Crippen molar-refractivity contribution in [1.82, 2.24) is 0 Å². The van der Waals surface area contributed by atoms with Crippen LogP contribution in [0.15, 0.2) is 39.6 Å². The molecule has 1 aromatic carbocycles. The van der Waals surface area contributed by atoms with Crippen molar-refractivity contribution in [2.24, 2.45) is 21.2 Å². The zero-order valence-electron chi connectivity index (χ0n) is 7.92.